The van der Waals surface area contributed by atoms with E-state index >= 15 is 0 Å². The van der Waals surface area contributed by atoms with Crippen molar-refractivity contribution in [3.63, 3.8) is 0 Å². The smallest absolute Gasteiger partial charge is 0.218 e. The molecule has 5 rings (SSSR count). The average Bonchev–Trinajstić information content (AvgIpc) is 3.17. The van der Waals surface area contributed by atoms with Gasteiger partial charge in [0.1, 0.15) is 5.76 Å². The van der Waals surface area contributed by atoms with Gasteiger partial charge in [-0.3, -0.25) is 9.59 Å². The molecule has 1 aromatic heterocycles. The van der Waals surface area contributed by atoms with Gasteiger partial charge < -0.3 is 15.5 Å². The number of benzene rings is 1. The topological polar surface area (TPSA) is 104 Å². The van der Waals surface area contributed by atoms with Crippen LogP contribution in [0.4, 0.5) is 5.69 Å². The molecule has 2 aromatic rings. The Kier molecular flexibility index (Phi) is 5.70. The Labute approximate surface area is 217 Å². The number of nitrogens with zero attached hydrogens (tertiary/aromatic N) is 2. The Hall–Kier alpha value is -3.35. The lowest BCUT2D eigenvalue weighted by Crippen LogP contribution is -2.35. The van der Waals surface area contributed by atoms with E-state index in [1.165, 1.54) is 23.9 Å². The van der Waals surface area contributed by atoms with Crippen molar-refractivity contribution in [1.82, 2.24) is 9.78 Å². The monoisotopic (exact) mass is 503 g/mol. The summed E-state index contributed by atoms with van der Waals surface area (Å²) in [6.07, 6.45) is 3.73. The second-order valence-corrected chi connectivity index (χ2v) is 12.5. The maximum Gasteiger partial charge on any atom is 0.218 e. The maximum atomic E-state index is 13.4. The third kappa shape index (κ3) is 3.90. The van der Waals surface area contributed by atoms with E-state index in [1.807, 2.05) is 20.8 Å². The zero-order chi connectivity index (χ0) is 27.0. The number of ketones is 2. The summed E-state index contributed by atoms with van der Waals surface area (Å²) >= 11 is 0. The number of hydrogen-bond donors (Lipinski definition) is 3. The summed E-state index contributed by atoms with van der Waals surface area (Å²) in [4.78, 5) is 26.6. The minimum atomic E-state index is -0.497. The Morgan fingerprint density at radius 1 is 1.14 bits per heavy atom. The standard InChI is InChI=1S/C30H37N3O4/c1-15-11-12-19(20(13-15)31-14-21(34)30(6,7)25-17-9-8-10-18(17)25)23-26(35)24(27(23)36)22-16(2)32-33(28(22)37)29(3,4)5/h11-13,17-18,25,31,35,37H,1,8-10,14H2,2-7H3/b23-19+/t17-,18?,25?/m0/s1. The first-order valence-corrected chi connectivity index (χ1v) is 13.1. The SMILES string of the molecule is C=c1cc/c(=C2\C(=O)C(c3c(C)nn(C(C)(C)C)c3O)=C2O)c(NCC(=O)C(C)(C)C2C3CCC[C@@H]32)c1. The number of carbonyl (C=O) groups excluding carboxylic acids is 2. The Morgan fingerprint density at radius 2 is 1.78 bits per heavy atom. The van der Waals surface area contributed by atoms with Crippen molar-refractivity contribution in [1.29, 1.82) is 0 Å². The molecule has 3 aliphatic rings. The summed E-state index contributed by atoms with van der Waals surface area (Å²) in [5, 5.41) is 30.7. The Morgan fingerprint density at radius 3 is 2.35 bits per heavy atom. The van der Waals surface area contributed by atoms with Crippen LogP contribution in [0.25, 0.3) is 17.7 Å². The van der Waals surface area contributed by atoms with Gasteiger partial charge in [0, 0.05) is 16.3 Å². The highest BCUT2D eigenvalue weighted by molar-refractivity contribution is 6.52. The number of anilines is 1. The molecule has 196 valence electrons. The predicted octanol–water partition coefficient (Wildman–Crippen LogP) is 3.82. The summed E-state index contributed by atoms with van der Waals surface area (Å²) in [5.41, 5.74) is 0.603. The van der Waals surface area contributed by atoms with Gasteiger partial charge in [-0.15, -0.1) is 0 Å². The quantitative estimate of drug-likeness (QED) is 0.554. The lowest BCUT2D eigenvalue weighted by Gasteiger charge is -2.26. The molecule has 0 saturated heterocycles. The molecule has 2 fully saturated rings. The summed E-state index contributed by atoms with van der Waals surface area (Å²) in [6, 6.07) is 5.29. The molecule has 0 spiro atoms. The maximum absolute atomic E-state index is 13.4. The van der Waals surface area contributed by atoms with Crippen LogP contribution in [0.2, 0.25) is 0 Å². The van der Waals surface area contributed by atoms with Gasteiger partial charge in [-0.25, -0.2) is 4.68 Å². The molecular weight excluding hydrogens is 466 g/mol. The van der Waals surface area contributed by atoms with E-state index in [1.54, 1.807) is 25.1 Å². The van der Waals surface area contributed by atoms with Crippen LogP contribution in [-0.4, -0.2) is 38.1 Å². The van der Waals surface area contributed by atoms with E-state index in [4.69, 9.17) is 0 Å². The number of nitrogens with one attached hydrogen (secondary N) is 1. The van der Waals surface area contributed by atoms with Gasteiger partial charge in [0.15, 0.2) is 5.78 Å². The van der Waals surface area contributed by atoms with Crippen molar-refractivity contribution in [3.8, 4) is 5.88 Å². The van der Waals surface area contributed by atoms with Gasteiger partial charge in [0.2, 0.25) is 11.7 Å². The number of rotatable bonds is 6. The molecule has 37 heavy (non-hydrogen) atoms. The minimum Gasteiger partial charge on any atom is -0.506 e. The predicted molar refractivity (Wildman–Crippen MR) is 144 cm³/mol. The largest absolute Gasteiger partial charge is 0.506 e. The van der Waals surface area contributed by atoms with Gasteiger partial charge in [0.25, 0.3) is 0 Å². The second kappa shape index (κ2) is 8.33. The van der Waals surface area contributed by atoms with Gasteiger partial charge in [-0.1, -0.05) is 39.0 Å². The van der Waals surface area contributed by atoms with Crippen molar-refractivity contribution in [3.05, 3.63) is 45.7 Å². The average molecular weight is 504 g/mol. The lowest BCUT2D eigenvalue weighted by molar-refractivity contribution is -0.126. The van der Waals surface area contributed by atoms with Crippen LogP contribution in [0.3, 0.4) is 0 Å². The fourth-order valence-electron chi connectivity index (χ4n) is 6.60. The minimum absolute atomic E-state index is 0.0580. The molecule has 0 radical (unpaired) electrons. The number of allylic oxidation sites excluding steroid dienone is 2. The normalized spacial score (nSPS) is 24.7. The Bertz CT molecular complexity index is 1460. The molecule has 0 bridgehead atoms. The van der Waals surface area contributed by atoms with Crippen LogP contribution < -0.4 is 15.8 Å². The van der Waals surface area contributed by atoms with Crippen LogP contribution in [-0.2, 0) is 15.1 Å². The van der Waals surface area contributed by atoms with E-state index < -0.39 is 11.0 Å². The molecule has 7 heteroatoms. The van der Waals surface area contributed by atoms with Crippen molar-refractivity contribution < 1.29 is 19.8 Å². The zero-order valence-corrected chi connectivity index (χ0v) is 22.6. The van der Waals surface area contributed by atoms with Crippen LogP contribution >= 0.6 is 0 Å². The first-order chi connectivity index (χ1) is 17.2. The first-order valence-electron chi connectivity index (χ1n) is 13.1. The molecule has 0 amide bonds. The van der Waals surface area contributed by atoms with Crippen LogP contribution in [0.5, 0.6) is 5.88 Å². The molecule has 7 nitrogen and oxygen atoms in total. The Balaban J connectivity index is 1.47. The summed E-state index contributed by atoms with van der Waals surface area (Å²) in [5.74, 6) is 1.26. The van der Waals surface area contributed by atoms with Gasteiger partial charge in [0.05, 0.1) is 34.5 Å². The number of Topliss-reactive ketones (excluding diaryl/α,β-unsaturated/α-hetero) is 2. The van der Waals surface area contributed by atoms with Crippen molar-refractivity contribution >= 4 is 35.0 Å². The number of hydrogen-bond acceptors (Lipinski definition) is 6. The lowest BCUT2D eigenvalue weighted by atomic mass is 9.79. The first kappa shape index (κ1) is 25.3. The van der Waals surface area contributed by atoms with Crippen molar-refractivity contribution in [2.24, 2.45) is 23.2 Å². The molecule has 1 aromatic carbocycles. The highest BCUT2D eigenvalue weighted by Gasteiger charge is 2.60. The molecule has 2 unspecified atom stereocenters. The van der Waals surface area contributed by atoms with Gasteiger partial charge in [-0.05, 0) is 69.6 Å². The van der Waals surface area contributed by atoms with E-state index in [-0.39, 0.29) is 46.5 Å². The van der Waals surface area contributed by atoms with E-state index in [9.17, 15) is 19.8 Å². The number of aromatic hydroxyl groups is 1. The second-order valence-electron chi connectivity index (χ2n) is 12.5. The third-order valence-corrected chi connectivity index (χ3v) is 8.60. The molecule has 3 N–H and O–H groups in total. The number of aromatic nitrogens is 2. The van der Waals surface area contributed by atoms with Gasteiger partial charge >= 0.3 is 0 Å². The number of aliphatic hydroxyl groups is 1. The number of aliphatic hydroxyl groups excluding tert-OH is 1. The van der Waals surface area contributed by atoms with E-state index in [2.05, 4.69) is 30.8 Å². The summed E-state index contributed by atoms with van der Waals surface area (Å²) in [6.45, 7) is 15.6. The summed E-state index contributed by atoms with van der Waals surface area (Å²) < 4.78 is 1.45. The highest BCUT2D eigenvalue weighted by Crippen LogP contribution is 2.64. The molecular formula is C30H37N3O4. The van der Waals surface area contributed by atoms with Crippen LogP contribution in [0.15, 0.2) is 24.0 Å². The molecule has 3 atom stereocenters. The summed E-state index contributed by atoms with van der Waals surface area (Å²) in [7, 11) is 0. The number of aryl methyl sites for hydroxylation is 1. The van der Waals surface area contributed by atoms with Crippen LogP contribution in [0.1, 0.15) is 65.1 Å². The number of carbonyl (C=O) groups is 2. The fraction of sp³-hybridized carbons (Fsp3) is 0.500. The van der Waals surface area contributed by atoms with E-state index in [0.717, 1.165) is 5.22 Å². The fourth-order valence-corrected chi connectivity index (χ4v) is 6.60. The number of fused-ring (bicyclic) bond motifs is 1. The molecule has 3 aliphatic carbocycles. The van der Waals surface area contributed by atoms with Crippen molar-refractivity contribution in [2.45, 2.75) is 66.3 Å². The van der Waals surface area contributed by atoms with E-state index in [0.29, 0.717) is 34.4 Å². The molecule has 1 heterocycles. The van der Waals surface area contributed by atoms with Crippen LogP contribution in [0, 0.1) is 30.1 Å². The molecule has 0 aliphatic heterocycles. The van der Waals surface area contributed by atoms with Crippen molar-refractivity contribution in [2.75, 3.05) is 11.9 Å². The third-order valence-electron chi connectivity index (χ3n) is 8.60. The highest BCUT2D eigenvalue weighted by atomic mass is 16.3. The zero-order valence-electron chi connectivity index (χ0n) is 22.6. The van der Waals surface area contributed by atoms with Gasteiger partial charge in [-0.2, -0.15) is 5.10 Å². The molecule has 2 saturated carbocycles.